The maximum atomic E-state index is 6.01. The van der Waals surface area contributed by atoms with E-state index in [4.69, 9.17) is 17.4 Å². The standard InChI is InChI=1S/C15H21ClN4/c1-2-7-20-8-6-18-15(20)11-14(19-17)10-12-4-3-5-13(16)9-12/h3-6,8-9,14,19H,2,7,10-11,17H2,1H3. The van der Waals surface area contributed by atoms with Crippen LogP contribution in [-0.4, -0.2) is 15.6 Å². The SMILES string of the molecule is CCCn1ccnc1CC(Cc1cccc(Cl)c1)NN. The van der Waals surface area contributed by atoms with Crippen molar-refractivity contribution in [2.24, 2.45) is 5.84 Å². The van der Waals surface area contributed by atoms with Gasteiger partial charge in [-0.2, -0.15) is 0 Å². The van der Waals surface area contributed by atoms with E-state index in [0.29, 0.717) is 0 Å². The first-order valence-corrected chi connectivity index (χ1v) is 7.31. The molecule has 5 heteroatoms. The van der Waals surface area contributed by atoms with E-state index in [9.17, 15) is 0 Å². The highest BCUT2D eigenvalue weighted by Crippen LogP contribution is 2.13. The van der Waals surface area contributed by atoms with E-state index in [1.54, 1.807) is 0 Å². The predicted octanol–water partition coefficient (Wildman–Crippen LogP) is 2.56. The normalized spacial score (nSPS) is 12.6. The Kier molecular flexibility index (Phi) is 5.59. The molecule has 20 heavy (non-hydrogen) atoms. The van der Waals surface area contributed by atoms with Gasteiger partial charge in [-0.1, -0.05) is 30.7 Å². The summed E-state index contributed by atoms with van der Waals surface area (Å²) in [5.74, 6) is 6.75. The number of imidazole rings is 1. The van der Waals surface area contributed by atoms with E-state index in [0.717, 1.165) is 36.7 Å². The van der Waals surface area contributed by atoms with Gasteiger partial charge in [-0.05, 0) is 30.5 Å². The third-order valence-corrected chi connectivity index (χ3v) is 3.54. The summed E-state index contributed by atoms with van der Waals surface area (Å²) < 4.78 is 2.18. The second-order valence-electron chi connectivity index (χ2n) is 4.94. The number of hydrogen-bond donors (Lipinski definition) is 2. The minimum Gasteiger partial charge on any atom is -0.335 e. The molecule has 0 aliphatic carbocycles. The summed E-state index contributed by atoms with van der Waals surface area (Å²) in [6, 6.07) is 8.03. The first-order chi connectivity index (χ1) is 9.72. The Morgan fingerprint density at radius 1 is 1.40 bits per heavy atom. The minimum atomic E-state index is 0.145. The van der Waals surface area contributed by atoms with Crippen LogP contribution in [0.2, 0.25) is 5.02 Å². The lowest BCUT2D eigenvalue weighted by Crippen LogP contribution is -2.39. The average molecular weight is 293 g/mol. The highest BCUT2D eigenvalue weighted by molar-refractivity contribution is 6.30. The summed E-state index contributed by atoms with van der Waals surface area (Å²) in [6.07, 6.45) is 6.59. The van der Waals surface area contributed by atoms with Crippen LogP contribution in [0.5, 0.6) is 0 Å². The van der Waals surface area contributed by atoms with E-state index in [2.05, 4.69) is 28.0 Å². The van der Waals surface area contributed by atoms with Crippen molar-refractivity contribution in [2.75, 3.05) is 0 Å². The van der Waals surface area contributed by atoms with Crippen molar-refractivity contribution in [3.8, 4) is 0 Å². The number of aromatic nitrogens is 2. The average Bonchev–Trinajstić information content (AvgIpc) is 2.86. The number of aryl methyl sites for hydroxylation is 1. The molecule has 1 aromatic heterocycles. The Bertz CT molecular complexity index is 538. The molecule has 0 aliphatic rings. The van der Waals surface area contributed by atoms with E-state index in [-0.39, 0.29) is 6.04 Å². The molecular weight excluding hydrogens is 272 g/mol. The molecule has 0 aliphatic heterocycles. The van der Waals surface area contributed by atoms with Crippen LogP contribution in [0.1, 0.15) is 24.7 Å². The number of nitrogens with zero attached hydrogens (tertiary/aromatic N) is 2. The first kappa shape index (κ1) is 15.0. The fourth-order valence-electron chi connectivity index (χ4n) is 2.33. The van der Waals surface area contributed by atoms with Gasteiger partial charge in [0, 0.05) is 36.4 Å². The van der Waals surface area contributed by atoms with Gasteiger partial charge in [0.1, 0.15) is 5.82 Å². The summed E-state index contributed by atoms with van der Waals surface area (Å²) in [4.78, 5) is 4.42. The largest absolute Gasteiger partial charge is 0.335 e. The van der Waals surface area contributed by atoms with Crippen molar-refractivity contribution in [1.82, 2.24) is 15.0 Å². The molecule has 108 valence electrons. The number of nitrogens with one attached hydrogen (secondary N) is 1. The van der Waals surface area contributed by atoms with E-state index >= 15 is 0 Å². The van der Waals surface area contributed by atoms with Crippen LogP contribution in [0.15, 0.2) is 36.7 Å². The zero-order valence-electron chi connectivity index (χ0n) is 11.7. The van der Waals surface area contributed by atoms with Gasteiger partial charge in [-0.3, -0.25) is 11.3 Å². The number of halogens is 1. The highest BCUT2D eigenvalue weighted by Gasteiger charge is 2.12. The van der Waals surface area contributed by atoms with Gasteiger partial charge in [-0.15, -0.1) is 0 Å². The third-order valence-electron chi connectivity index (χ3n) is 3.30. The Morgan fingerprint density at radius 2 is 2.25 bits per heavy atom. The molecule has 2 aromatic rings. The topological polar surface area (TPSA) is 55.9 Å². The molecule has 1 unspecified atom stereocenters. The van der Waals surface area contributed by atoms with Crippen molar-refractivity contribution < 1.29 is 0 Å². The maximum Gasteiger partial charge on any atom is 0.110 e. The Morgan fingerprint density at radius 3 is 2.95 bits per heavy atom. The lowest BCUT2D eigenvalue weighted by atomic mass is 10.0. The van der Waals surface area contributed by atoms with Crippen LogP contribution >= 0.6 is 11.6 Å². The third kappa shape index (κ3) is 4.07. The monoisotopic (exact) mass is 292 g/mol. The molecule has 0 spiro atoms. The molecule has 0 fully saturated rings. The minimum absolute atomic E-state index is 0.145. The molecule has 0 bridgehead atoms. The van der Waals surface area contributed by atoms with Gasteiger partial charge in [0.05, 0.1) is 0 Å². The van der Waals surface area contributed by atoms with Crippen LogP contribution in [0.4, 0.5) is 0 Å². The fourth-order valence-corrected chi connectivity index (χ4v) is 2.55. The van der Waals surface area contributed by atoms with Crippen molar-refractivity contribution >= 4 is 11.6 Å². The van der Waals surface area contributed by atoms with Gasteiger partial charge in [0.2, 0.25) is 0 Å². The molecule has 0 amide bonds. The van der Waals surface area contributed by atoms with Gasteiger partial charge in [-0.25, -0.2) is 4.98 Å². The molecule has 0 saturated carbocycles. The number of hydrazine groups is 1. The Labute approximate surface area is 124 Å². The molecular formula is C15H21ClN4. The Hall–Kier alpha value is -1.36. The van der Waals surface area contributed by atoms with E-state index in [1.165, 1.54) is 5.56 Å². The van der Waals surface area contributed by atoms with Gasteiger partial charge >= 0.3 is 0 Å². The van der Waals surface area contributed by atoms with Crippen LogP contribution in [0.3, 0.4) is 0 Å². The van der Waals surface area contributed by atoms with Gasteiger partial charge in [0.25, 0.3) is 0 Å². The molecule has 0 saturated heterocycles. The van der Waals surface area contributed by atoms with Crippen LogP contribution in [-0.2, 0) is 19.4 Å². The second kappa shape index (κ2) is 7.43. The van der Waals surface area contributed by atoms with E-state index < -0.39 is 0 Å². The fraction of sp³-hybridized carbons (Fsp3) is 0.400. The second-order valence-corrected chi connectivity index (χ2v) is 5.38. The van der Waals surface area contributed by atoms with E-state index in [1.807, 2.05) is 30.6 Å². The zero-order chi connectivity index (χ0) is 14.4. The molecule has 0 radical (unpaired) electrons. The summed E-state index contributed by atoms with van der Waals surface area (Å²) in [5.41, 5.74) is 4.06. The summed E-state index contributed by atoms with van der Waals surface area (Å²) in [5, 5.41) is 0.755. The first-order valence-electron chi connectivity index (χ1n) is 6.93. The van der Waals surface area contributed by atoms with Crippen molar-refractivity contribution in [3.05, 3.63) is 53.1 Å². The quantitative estimate of drug-likeness (QED) is 0.609. The van der Waals surface area contributed by atoms with Crippen molar-refractivity contribution in [1.29, 1.82) is 0 Å². The van der Waals surface area contributed by atoms with Crippen LogP contribution in [0.25, 0.3) is 0 Å². The zero-order valence-corrected chi connectivity index (χ0v) is 12.5. The number of hydrogen-bond acceptors (Lipinski definition) is 3. The molecule has 1 heterocycles. The maximum absolute atomic E-state index is 6.01. The lowest BCUT2D eigenvalue weighted by Gasteiger charge is -2.16. The van der Waals surface area contributed by atoms with Gasteiger partial charge in [0.15, 0.2) is 0 Å². The Balaban J connectivity index is 2.03. The van der Waals surface area contributed by atoms with Crippen LogP contribution < -0.4 is 11.3 Å². The van der Waals surface area contributed by atoms with Crippen molar-refractivity contribution in [3.63, 3.8) is 0 Å². The molecule has 1 atom stereocenters. The number of benzene rings is 1. The summed E-state index contributed by atoms with van der Waals surface area (Å²) in [6.45, 7) is 3.15. The molecule has 1 aromatic carbocycles. The highest BCUT2D eigenvalue weighted by atomic mass is 35.5. The lowest BCUT2D eigenvalue weighted by molar-refractivity contribution is 0.495. The number of nitrogens with two attached hydrogens (primary N) is 1. The smallest absolute Gasteiger partial charge is 0.110 e. The molecule has 3 N–H and O–H groups in total. The predicted molar refractivity (Wildman–Crippen MR) is 82.5 cm³/mol. The number of rotatable bonds is 7. The molecule has 2 rings (SSSR count). The molecule has 4 nitrogen and oxygen atoms in total. The summed E-state index contributed by atoms with van der Waals surface area (Å²) in [7, 11) is 0. The van der Waals surface area contributed by atoms with Crippen molar-refractivity contribution in [2.45, 2.75) is 38.8 Å². The van der Waals surface area contributed by atoms with Crippen LogP contribution in [0, 0.1) is 0 Å². The summed E-state index contributed by atoms with van der Waals surface area (Å²) >= 11 is 6.01. The van der Waals surface area contributed by atoms with Gasteiger partial charge < -0.3 is 4.57 Å².